The summed E-state index contributed by atoms with van der Waals surface area (Å²) in [4.78, 5) is 0. The fourth-order valence-electron chi connectivity index (χ4n) is 6.40. The fourth-order valence-corrected chi connectivity index (χ4v) is 6.40. The second-order valence-corrected chi connectivity index (χ2v) is 8.14. The summed E-state index contributed by atoms with van der Waals surface area (Å²) >= 11 is 0. The van der Waals surface area contributed by atoms with Gasteiger partial charge in [-0.25, -0.2) is 0 Å². The second kappa shape index (κ2) is 5.74. The van der Waals surface area contributed by atoms with E-state index in [1.807, 2.05) is 14.2 Å². The predicted molar refractivity (Wildman–Crippen MR) is 94.4 cm³/mol. The van der Waals surface area contributed by atoms with Crippen LogP contribution in [-0.4, -0.2) is 27.1 Å². The van der Waals surface area contributed by atoms with Crippen LogP contribution < -0.4 is 4.74 Å². The van der Waals surface area contributed by atoms with E-state index in [4.69, 9.17) is 14.2 Å². The van der Waals surface area contributed by atoms with Crippen LogP contribution in [0.1, 0.15) is 56.1 Å². The van der Waals surface area contributed by atoms with E-state index in [1.54, 1.807) is 12.7 Å². The maximum atomic E-state index is 5.96. The molecule has 3 aliphatic carbocycles. The van der Waals surface area contributed by atoms with Crippen LogP contribution in [0, 0.1) is 17.3 Å². The molecule has 0 bridgehead atoms. The molecule has 2 fully saturated rings. The van der Waals surface area contributed by atoms with Gasteiger partial charge in [0.05, 0.1) is 7.11 Å². The summed E-state index contributed by atoms with van der Waals surface area (Å²) < 4.78 is 17.3. The summed E-state index contributed by atoms with van der Waals surface area (Å²) in [7, 11) is 5.41. The van der Waals surface area contributed by atoms with Crippen molar-refractivity contribution in [3.63, 3.8) is 0 Å². The molecule has 2 saturated carbocycles. The fraction of sp³-hybridized carbons (Fsp3) is 0.714. The van der Waals surface area contributed by atoms with Crippen molar-refractivity contribution in [3.8, 4) is 5.75 Å². The van der Waals surface area contributed by atoms with Crippen molar-refractivity contribution in [3.05, 3.63) is 29.3 Å². The minimum atomic E-state index is -0.386. The predicted octanol–water partition coefficient (Wildman–Crippen LogP) is 4.54. The zero-order valence-corrected chi connectivity index (χ0v) is 15.4. The first-order chi connectivity index (χ1) is 11.6. The van der Waals surface area contributed by atoms with Gasteiger partial charge in [0.15, 0.2) is 5.79 Å². The summed E-state index contributed by atoms with van der Waals surface area (Å²) in [5.74, 6) is 2.76. The quantitative estimate of drug-likeness (QED) is 0.762. The van der Waals surface area contributed by atoms with Gasteiger partial charge in [0.1, 0.15) is 5.75 Å². The lowest BCUT2D eigenvalue weighted by molar-refractivity contribution is -0.274. The Morgan fingerprint density at radius 3 is 2.50 bits per heavy atom. The van der Waals surface area contributed by atoms with E-state index in [2.05, 4.69) is 25.1 Å². The summed E-state index contributed by atoms with van der Waals surface area (Å²) in [6, 6.07) is 6.71. The highest BCUT2D eigenvalue weighted by molar-refractivity contribution is 5.40. The van der Waals surface area contributed by atoms with Crippen LogP contribution in [0.5, 0.6) is 5.75 Å². The van der Waals surface area contributed by atoms with E-state index in [0.717, 1.165) is 18.1 Å². The van der Waals surface area contributed by atoms with E-state index in [9.17, 15) is 0 Å². The van der Waals surface area contributed by atoms with Crippen molar-refractivity contribution in [2.45, 2.75) is 57.2 Å². The summed E-state index contributed by atoms with van der Waals surface area (Å²) in [6.45, 7) is 2.41. The van der Waals surface area contributed by atoms with E-state index < -0.39 is 0 Å². The lowest BCUT2D eigenvalue weighted by Crippen LogP contribution is -2.52. The number of hydrogen-bond donors (Lipinski definition) is 0. The Kier molecular flexibility index (Phi) is 3.92. The molecule has 4 atom stereocenters. The number of aryl methyl sites for hydroxylation is 1. The lowest BCUT2D eigenvalue weighted by Gasteiger charge is -2.53. The van der Waals surface area contributed by atoms with Gasteiger partial charge in [0.2, 0.25) is 0 Å². The van der Waals surface area contributed by atoms with Gasteiger partial charge in [-0.15, -0.1) is 0 Å². The molecule has 1 aromatic rings. The van der Waals surface area contributed by atoms with Gasteiger partial charge in [-0.05, 0) is 73.1 Å². The van der Waals surface area contributed by atoms with Crippen LogP contribution in [-0.2, 0) is 15.9 Å². The molecular weight excluding hydrogens is 300 g/mol. The van der Waals surface area contributed by atoms with Gasteiger partial charge in [-0.1, -0.05) is 13.0 Å². The van der Waals surface area contributed by atoms with E-state index in [0.29, 0.717) is 11.8 Å². The zero-order valence-electron chi connectivity index (χ0n) is 15.4. The highest BCUT2D eigenvalue weighted by atomic mass is 16.7. The number of hydrogen-bond acceptors (Lipinski definition) is 3. The average Bonchev–Trinajstić information content (AvgIpc) is 2.93. The number of rotatable bonds is 3. The molecule has 1 aromatic carbocycles. The Hall–Kier alpha value is -1.06. The van der Waals surface area contributed by atoms with Crippen molar-refractivity contribution < 1.29 is 14.2 Å². The minimum absolute atomic E-state index is 0.141. The van der Waals surface area contributed by atoms with Crippen molar-refractivity contribution in [2.24, 2.45) is 17.3 Å². The molecule has 0 N–H and O–H groups in total. The smallest absolute Gasteiger partial charge is 0.173 e. The first-order valence-corrected chi connectivity index (χ1v) is 9.35. The molecule has 0 aromatic heterocycles. The third-order valence-electron chi connectivity index (χ3n) is 7.64. The Bertz CT molecular complexity index is 622. The number of methoxy groups -OCH3 is 3. The van der Waals surface area contributed by atoms with Gasteiger partial charge < -0.3 is 14.2 Å². The van der Waals surface area contributed by atoms with Crippen LogP contribution in [0.2, 0.25) is 0 Å². The largest absolute Gasteiger partial charge is 0.497 e. The summed E-state index contributed by atoms with van der Waals surface area (Å²) in [6.07, 6.45) is 7.14. The SMILES string of the molecule is COc1ccc2c(c1)CC[C@@H]1[C@@H]2CC[C@@]2(C)[C@H]1CCC2(OC)OC. The molecular formula is C21H30O3. The van der Waals surface area contributed by atoms with E-state index >= 15 is 0 Å². The van der Waals surface area contributed by atoms with Gasteiger partial charge >= 0.3 is 0 Å². The molecule has 0 saturated heterocycles. The van der Waals surface area contributed by atoms with Crippen LogP contribution in [0.4, 0.5) is 0 Å². The van der Waals surface area contributed by atoms with Crippen LogP contribution in [0.25, 0.3) is 0 Å². The van der Waals surface area contributed by atoms with Crippen molar-refractivity contribution in [1.82, 2.24) is 0 Å². The maximum absolute atomic E-state index is 5.96. The lowest BCUT2D eigenvalue weighted by atomic mass is 9.55. The molecule has 4 rings (SSSR count). The number of ether oxygens (including phenoxy) is 3. The van der Waals surface area contributed by atoms with Crippen LogP contribution in [0.15, 0.2) is 18.2 Å². The molecule has 0 unspecified atom stereocenters. The Labute approximate surface area is 145 Å². The highest BCUT2D eigenvalue weighted by Crippen LogP contribution is 2.65. The number of benzene rings is 1. The number of fused-ring (bicyclic) bond motifs is 5. The van der Waals surface area contributed by atoms with Crippen molar-refractivity contribution in [1.29, 1.82) is 0 Å². The van der Waals surface area contributed by atoms with Crippen molar-refractivity contribution in [2.75, 3.05) is 21.3 Å². The summed E-state index contributed by atoms with van der Waals surface area (Å²) in [5, 5.41) is 0. The maximum Gasteiger partial charge on any atom is 0.173 e. The standard InChI is InChI=1S/C21H30O3/c1-20-11-9-17-16-8-6-15(22-2)13-14(16)5-7-18(17)19(20)10-12-21(20,23-3)24-4/h6,8,13,17-19H,5,7,9-12H2,1-4H3/t17-,18-,19+,20+/m1/s1. The van der Waals surface area contributed by atoms with Crippen LogP contribution >= 0.6 is 0 Å². The molecule has 3 heteroatoms. The van der Waals surface area contributed by atoms with Crippen molar-refractivity contribution >= 4 is 0 Å². The molecule has 0 aliphatic heterocycles. The Morgan fingerprint density at radius 1 is 1.00 bits per heavy atom. The molecule has 0 amide bonds. The molecule has 3 nitrogen and oxygen atoms in total. The third-order valence-corrected chi connectivity index (χ3v) is 7.64. The first kappa shape index (κ1) is 16.4. The molecule has 132 valence electrons. The molecule has 24 heavy (non-hydrogen) atoms. The van der Waals surface area contributed by atoms with Gasteiger partial charge in [0.25, 0.3) is 0 Å². The molecule has 0 spiro atoms. The van der Waals surface area contributed by atoms with Gasteiger partial charge in [-0.3, -0.25) is 0 Å². The van der Waals surface area contributed by atoms with E-state index in [1.165, 1.54) is 37.7 Å². The van der Waals surface area contributed by atoms with Crippen LogP contribution in [0.3, 0.4) is 0 Å². The Morgan fingerprint density at radius 2 is 1.79 bits per heavy atom. The zero-order chi connectivity index (χ0) is 16.9. The molecule has 0 radical (unpaired) electrons. The molecule has 0 heterocycles. The van der Waals surface area contributed by atoms with Gasteiger partial charge in [-0.2, -0.15) is 0 Å². The Balaban J connectivity index is 1.68. The minimum Gasteiger partial charge on any atom is -0.497 e. The van der Waals surface area contributed by atoms with Gasteiger partial charge in [0, 0.05) is 26.1 Å². The second-order valence-electron chi connectivity index (χ2n) is 8.14. The monoisotopic (exact) mass is 330 g/mol. The highest BCUT2D eigenvalue weighted by Gasteiger charge is 2.63. The first-order valence-electron chi connectivity index (χ1n) is 9.35. The third kappa shape index (κ3) is 2.04. The normalized spacial score (nSPS) is 36.6. The molecule has 3 aliphatic rings. The summed E-state index contributed by atoms with van der Waals surface area (Å²) in [5.41, 5.74) is 3.21. The topological polar surface area (TPSA) is 27.7 Å². The average molecular weight is 330 g/mol. The van der Waals surface area contributed by atoms with E-state index in [-0.39, 0.29) is 11.2 Å².